The van der Waals surface area contributed by atoms with E-state index in [0.717, 1.165) is 49.2 Å². The zero-order valence-corrected chi connectivity index (χ0v) is 28.8. The molecule has 0 unspecified atom stereocenters. The number of hydrogen-bond acceptors (Lipinski definition) is 7. The molecule has 7 nitrogen and oxygen atoms in total. The Morgan fingerprint density at radius 3 is 1.28 bits per heavy atom. The fourth-order valence-corrected chi connectivity index (χ4v) is 7.69. The van der Waals surface area contributed by atoms with Gasteiger partial charge in [0.2, 0.25) is 0 Å². The normalized spacial score (nSPS) is 11.6. The Balaban J connectivity index is 1.63. The summed E-state index contributed by atoms with van der Waals surface area (Å²) in [5.41, 5.74) is 4.38. The Morgan fingerprint density at radius 2 is 0.800 bits per heavy atom. The molecule has 0 aliphatic rings. The Labute approximate surface area is 289 Å². The van der Waals surface area contributed by atoms with Crippen LogP contribution in [-0.4, -0.2) is 47.8 Å². The number of hydrogen-bond donors (Lipinski definition) is 1. The van der Waals surface area contributed by atoms with Crippen LogP contribution in [0.3, 0.4) is 0 Å². The van der Waals surface area contributed by atoms with Crippen molar-refractivity contribution in [3.05, 3.63) is 96.6 Å². The van der Waals surface area contributed by atoms with Gasteiger partial charge >= 0.3 is 0 Å². The predicted molar refractivity (Wildman–Crippen MR) is 201 cm³/mol. The first-order valence-electron chi connectivity index (χ1n) is 16.3. The Morgan fingerprint density at radius 1 is 0.400 bits per heavy atom. The lowest BCUT2D eigenvalue weighted by Crippen LogP contribution is -2.00. The average molecular weight is 665 g/mol. The summed E-state index contributed by atoms with van der Waals surface area (Å²) in [7, 11) is 9.75. The van der Waals surface area contributed by atoms with Crippen LogP contribution >= 0.6 is 0 Å². The Bertz CT molecular complexity index is 2520. The number of methoxy groups -OCH3 is 6. The van der Waals surface area contributed by atoms with Crippen molar-refractivity contribution < 1.29 is 33.5 Å². The maximum Gasteiger partial charge on any atom is 0.161 e. The molecule has 0 aromatic heterocycles. The van der Waals surface area contributed by atoms with E-state index < -0.39 is 0 Å². The molecule has 0 fully saturated rings. The summed E-state index contributed by atoms with van der Waals surface area (Å²) in [6, 6.07) is 31.5. The molecule has 0 saturated carbocycles. The van der Waals surface area contributed by atoms with E-state index in [1.807, 2.05) is 36.4 Å². The molecule has 0 heterocycles. The van der Waals surface area contributed by atoms with Crippen LogP contribution in [0.25, 0.3) is 76.1 Å². The van der Waals surface area contributed by atoms with Gasteiger partial charge in [0.05, 0.1) is 49.3 Å². The molecule has 8 aromatic rings. The molecule has 0 bridgehead atoms. The molecule has 50 heavy (non-hydrogen) atoms. The van der Waals surface area contributed by atoms with Crippen molar-refractivity contribution in [1.82, 2.24) is 0 Å². The number of aliphatic hydroxyl groups is 1. The summed E-state index contributed by atoms with van der Waals surface area (Å²) >= 11 is 0. The molecular weight excluding hydrogens is 628 g/mol. The summed E-state index contributed by atoms with van der Waals surface area (Å²) in [6.45, 7) is -0.226. The van der Waals surface area contributed by atoms with Gasteiger partial charge in [-0.25, -0.2) is 0 Å². The lowest BCUT2D eigenvalue weighted by atomic mass is 9.82. The van der Waals surface area contributed by atoms with E-state index in [1.165, 1.54) is 26.9 Å². The monoisotopic (exact) mass is 664 g/mol. The van der Waals surface area contributed by atoms with E-state index in [4.69, 9.17) is 28.4 Å². The molecule has 250 valence electrons. The van der Waals surface area contributed by atoms with Gasteiger partial charge in [0.1, 0.15) is 0 Å². The third-order valence-corrected chi connectivity index (χ3v) is 9.97. The first-order valence-corrected chi connectivity index (χ1v) is 16.3. The van der Waals surface area contributed by atoms with E-state index in [1.54, 1.807) is 42.7 Å². The van der Waals surface area contributed by atoms with Crippen molar-refractivity contribution in [3.8, 4) is 56.8 Å². The van der Waals surface area contributed by atoms with Gasteiger partial charge < -0.3 is 33.5 Å². The van der Waals surface area contributed by atoms with Gasteiger partial charge in [-0.3, -0.25) is 0 Å². The van der Waals surface area contributed by atoms with Crippen molar-refractivity contribution in [2.45, 2.75) is 6.61 Å². The van der Waals surface area contributed by atoms with Gasteiger partial charge in [0.25, 0.3) is 0 Å². The fraction of sp³-hybridized carbons (Fsp3) is 0.163. The highest BCUT2D eigenvalue weighted by Crippen LogP contribution is 2.52. The first kappa shape index (κ1) is 31.4. The van der Waals surface area contributed by atoms with Crippen LogP contribution in [0.15, 0.2) is 91.0 Å². The van der Waals surface area contributed by atoms with Crippen LogP contribution in [0.1, 0.15) is 5.56 Å². The van der Waals surface area contributed by atoms with E-state index in [9.17, 15) is 5.11 Å². The largest absolute Gasteiger partial charge is 0.493 e. The second-order valence-corrected chi connectivity index (χ2v) is 12.2. The van der Waals surface area contributed by atoms with E-state index >= 15 is 0 Å². The number of ether oxygens (including phenoxy) is 6. The number of rotatable bonds is 9. The highest BCUT2D eigenvalue weighted by molar-refractivity contribution is 6.30. The van der Waals surface area contributed by atoms with Gasteiger partial charge in [-0.2, -0.15) is 0 Å². The van der Waals surface area contributed by atoms with Crippen LogP contribution in [0.4, 0.5) is 0 Å². The quantitative estimate of drug-likeness (QED) is 0.122. The van der Waals surface area contributed by atoms with Crippen LogP contribution in [0.5, 0.6) is 34.5 Å². The minimum Gasteiger partial charge on any atom is -0.493 e. The summed E-state index contributed by atoms with van der Waals surface area (Å²) in [5.74, 6) is 3.41. The molecule has 0 spiro atoms. The van der Waals surface area contributed by atoms with E-state index in [2.05, 4.69) is 54.6 Å². The molecule has 0 radical (unpaired) electrons. The number of aliphatic hydroxyl groups excluding tert-OH is 1. The molecule has 8 rings (SSSR count). The van der Waals surface area contributed by atoms with Crippen LogP contribution in [-0.2, 0) is 6.61 Å². The van der Waals surface area contributed by atoms with Crippen molar-refractivity contribution in [2.75, 3.05) is 42.7 Å². The van der Waals surface area contributed by atoms with Crippen LogP contribution in [0.2, 0.25) is 0 Å². The van der Waals surface area contributed by atoms with E-state index in [0.29, 0.717) is 40.1 Å². The SMILES string of the molecule is COc1cc(CO)c(-c2c3cc(OC)c(OC)cc3c(-c3ccc4ccc5cccc6ccc3c4c56)c3cc(OC)c(OC)cc23)cc1OC. The maximum absolute atomic E-state index is 10.8. The third-order valence-electron chi connectivity index (χ3n) is 9.97. The lowest BCUT2D eigenvalue weighted by molar-refractivity contribution is 0.281. The highest BCUT2D eigenvalue weighted by Gasteiger charge is 2.25. The topological polar surface area (TPSA) is 75.6 Å². The third kappa shape index (κ3) is 4.54. The van der Waals surface area contributed by atoms with Crippen molar-refractivity contribution in [2.24, 2.45) is 0 Å². The first-order chi connectivity index (χ1) is 24.5. The van der Waals surface area contributed by atoms with Crippen molar-refractivity contribution >= 4 is 53.9 Å². The van der Waals surface area contributed by atoms with Crippen molar-refractivity contribution in [1.29, 1.82) is 0 Å². The zero-order valence-electron chi connectivity index (χ0n) is 28.8. The second kappa shape index (κ2) is 12.2. The molecule has 0 aliphatic carbocycles. The fourth-order valence-electron chi connectivity index (χ4n) is 7.69. The standard InChI is InChI=1S/C43H36O7/c1-45-34-16-26(22-44)29(17-35(34)46-2)43-32-20-38(49-5)36(47-3)18-30(32)42(31-19-37(48-4)39(50-6)21-33(31)43)28-15-13-25-11-10-23-8-7-9-24-12-14-27(28)41(25)40(23)24/h7-21,44H,22H2,1-6H3. The second-order valence-electron chi connectivity index (χ2n) is 12.2. The maximum atomic E-state index is 10.8. The van der Waals surface area contributed by atoms with Crippen LogP contribution in [0, 0.1) is 0 Å². The van der Waals surface area contributed by atoms with Gasteiger partial charge in [-0.15, -0.1) is 0 Å². The van der Waals surface area contributed by atoms with Gasteiger partial charge in [0, 0.05) is 0 Å². The Hall–Kier alpha value is -5.92. The summed E-state index contributed by atoms with van der Waals surface area (Å²) in [6.07, 6.45) is 0. The van der Waals surface area contributed by atoms with Gasteiger partial charge in [0.15, 0.2) is 34.5 Å². The molecule has 1 N–H and O–H groups in total. The number of benzene rings is 8. The minimum absolute atomic E-state index is 0.226. The summed E-state index contributed by atoms with van der Waals surface area (Å²) in [4.78, 5) is 0. The number of fused-ring (bicyclic) bond motifs is 2. The molecule has 7 heteroatoms. The minimum atomic E-state index is -0.226. The van der Waals surface area contributed by atoms with Gasteiger partial charge in [-0.05, 0) is 118 Å². The average Bonchev–Trinajstić information content (AvgIpc) is 3.17. The summed E-state index contributed by atoms with van der Waals surface area (Å²) < 4.78 is 35.1. The summed E-state index contributed by atoms with van der Waals surface area (Å²) in [5, 5.41) is 21.6. The molecule has 8 aromatic carbocycles. The Kier molecular flexibility index (Phi) is 7.65. The highest BCUT2D eigenvalue weighted by atomic mass is 16.5. The molecule has 0 atom stereocenters. The molecule has 0 saturated heterocycles. The molecule has 0 aliphatic heterocycles. The predicted octanol–water partition coefficient (Wildman–Crippen LogP) is 9.77. The van der Waals surface area contributed by atoms with Crippen molar-refractivity contribution in [3.63, 3.8) is 0 Å². The molecule has 0 amide bonds. The van der Waals surface area contributed by atoms with Gasteiger partial charge in [-0.1, -0.05) is 54.6 Å². The van der Waals surface area contributed by atoms with Crippen LogP contribution < -0.4 is 28.4 Å². The smallest absolute Gasteiger partial charge is 0.161 e. The zero-order chi connectivity index (χ0) is 34.7. The lowest BCUT2D eigenvalue weighted by Gasteiger charge is -2.23. The molecular formula is C43H36O7. The van der Waals surface area contributed by atoms with E-state index in [-0.39, 0.29) is 6.61 Å².